The lowest BCUT2D eigenvalue weighted by atomic mass is 9.85. The molecule has 0 bridgehead atoms. The smallest absolute Gasteiger partial charge is 0.208 e. The molecule has 1 aromatic heterocycles. The Kier molecular flexibility index (Phi) is 4.33. The van der Waals surface area contributed by atoms with Crippen LogP contribution < -0.4 is 4.72 Å². The van der Waals surface area contributed by atoms with Crippen molar-refractivity contribution in [2.45, 2.75) is 38.3 Å². The third-order valence-corrected chi connectivity index (χ3v) is 5.26. The zero-order chi connectivity index (χ0) is 14.9. The van der Waals surface area contributed by atoms with E-state index >= 15 is 0 Å². The van der Waals surface area contributed by atoms with Crippen LogP contribution in [0.3, 0.4) is 0 Å². The van der Waals surface area contributed by atoms with E-state index < -0.39 is 10.0 Å². The Bertz CT molecular complexity index is 580. The monoisotopic (exact) mass is 312 g/mol. The predicted octanol–water partition coefficient (Wildman–Crippen LogP) is 0.979. The number of nitrogens with one attached hydrogen (secondary N) is 1. The summed E-state index contributed by atoms with van der Waals surface area (Å²) in [6, 6.07) is 2.34. The van der Waals surface area contributed by atoms with Crippen LogP contribution in [0.25, 0.3) is 0 Å². The van der Waals surface area contributed by atoms with E-state index in [4.69, 9.17) is 0 Å². The highest BCUT2D eigenvalue weighted by molar-refractivity contribution is 7.88. The Morgan fingerprint density at radius 3 is 2.90 bits per heavy atom. The molecule has 1 aliphatic heterocycles. The summed E-state index contributed by atoms with van der Waals surface area (Å²) in [5.41, 5.74) is 1.24. The quantitative estimate of drug-likeness (QED) is 0.850. The summed E-state index contributed by atoms with van der Waals surface area (Å²) < 4.78 is 27.0. The highest BCUT2D eigenvalue weighted by Crippen LogP contribution is 2.30. The molecule has 0 saturated heterocycles. The van der Waals surface area contributed by atoms with E-state index in [0.29, 0.717) is 6.54 Å². The Hall–Kier alpha value is -0.920. The first-order valence-corrected chi connectivity index (χ1v) is 9.60. The maximum Gasteiger partial charge on any atom is 0.208 e. The van der Waals surface area contributed by atoms with Gasteiger partial charge in [-0.1, -0.05) is 6.42 Å². The van der Waals surface area contributed by atoms with Crippen molar-refractivity contribution in [3.63, 3.8) is 0 Å². The first kappa shape index (κ1) is 15.0. The van der Waals surface area contributed by atoms with E-state index in [-0.39, 0.29) is 6.04 Å². The number of sulfonamides is 1. The van der Waals surface area contributed by atoms with Crippen LogP contribution in [0.5, 0.6) is 0 Å². The van der Waals surface area contributed by atoms with Gasteiger partial charge >= 0.3 is 0 Å². The van der Waals surface area contributed by atoms with Crippen molar-refractivity contribution in [2.75, 3.05) is 25.9 Å². The predicted molar refractivity (Wildman–Crippen MR) is 81.3 cm³/mol. The molecule has 0 radical (unpaired) electrons. The highest BCUT2D eigenvalue weighted by Gasteiger charge is 2.28. The molecule has 0 aromatic carbocycles. The average molecular weight is 312 g/mol. The largest absolute Gasteiger partial charge is 0.295 e. The van der Waals surface area contributed by atoms with Crippen molar-refractivity contribution in [1.82, 2.24) is 19.4 Å². The van der Waals surface area contributed by atoms with E-state index in [1.165, 1.54) is 37.8 Å². The van der Waals surface area contributed by atoms with Gasteiger partial charge in [0.05, 0.1) is 18.0 Å². The van der Waals surface area contributed by atoms with Gasteiger partial charge in [0.25, 0.3) is 0 Å². The minimum Gasteiger partial charge on any atom is -0.295 e. The Morgan fingerprint density at radius 1 is 1.43 bits per heavy atom. The molecule has 1 unspecified atom stereocenters. The molecule has 2 heterocycles. The van der Waals surface area contributed by atoms with Crippen molar-refractivity contribution >= 4 is 10.0 Å². The SMILES string of the molecule is CS(=O)(=O)NCCC1CN(CC2CCC2)Cc2ccnn21. The van der Waals surface area contributed by atoms with Gasteiger partial charge in [0.2, 0.25) is 10.0 Å². The van der Waals surface area contributed by atoms with E-state index in [1.54, 1.807) is 0 Å². The van der Waals surface area contributed by atoms with Crippen LogP contribution in [0.4, 0.5) is 0 Å². The number of rotatable bonds is 6. The molecule has 2 aliphatic rings. The zero-order valence-corrected chi connectivity index (χ0v) is 13.3. The fourth-order valence-corrected chi connectivity index (χ4v) is 3.76. The molecule has 118 valence electrons. The summed E-state index contributed by atoms with van der Waals surface area (Å²) >= 11 is 0. The number of hydrogen-bond donors (Lipinski definition) is 1. The number of aromatic nitrogens is 2. The first-order chi connectivity index (χ1) is 10.0. The highest BCUT2D eigenvalue weighted by atomic mass is 32.2. The van der Waals surface area contributed by atoms with Crippen LogP contribution in [0.1, 0.15) is 37.4 Å². The molecular weight excluding hydrogens is 288 g/mol. The van der Waals surface area contributed by atoms with Gasteiger partial charge in [-0.15, -0.1) is 0 Å². The van der Waals surface area contributed by atoms with Gasteiger partial charge in [-0.25, -0.2) is 13.1 Å². The van der Waals surface area contributed by atoms with Gasteiger partial charge in [-0.05, 0) is 31.2 Å². The molecule has 0 spiro atoms. The van der Waals surface area contributed by atoms with E-state index in [9.17, 15) is 8.42 Å². The van der Waals surface area contributed by atoms with Crippen molar-refractivity contribution in [2.24, 2.45) is 5.92 Å². The van der Waals surface area contributed by atoms with Crippen LogP contribution in [-0.2, 0) is 16.6 Å². The molecule has 1 fully saturated rings. The summed E-state index contributed by atoms with van der Waals surface area (Å²) in [4.78, 5) is 2.51. The van der Waals surface area contributed by atoms with Gasteiger partial charge in [-0.3, -0.25) is 9.58 Å². The molecule has 21 heavy (non-hydrogen) atoms. The molecule has 1 aromatic rings. The Labute approximate surface area is 126 Å². The third-order valence-electron chi connectivity index (χ3n) is 4.54. The van der Waals surface area contributed by atoms with Gasteiger partial charge in [0.1, 0.15) is 0 Å². The normalized spacial score (nSPS) is 23.8. The van der Waals surface area contributed by atoms with E-state index in [0.717, 1.165) is 25.4 Å². The van der Waals surface area contributed by atoms with E-state index in [2.05, 4.69) is 25.5 Å². The molecule has 1 N–H and O–H groups in total. The zero-order valence-electron chi connectivity index (χ0n) is 12.5. The van der Waals surface area contributed by atoms with Crippen molar-refractivity contribution in [3.05, 3.63) is 18.0 Å². The molecule has 7 heteroatoms. The molecule has 6 nitrogen and oxygen atoms in total. The Balaban J connectivity index is 1.61. The second kappa shape index (κ2) is 6.06. The minimum atomic E-state index is -3.11. The maximum atomic E-state index is 11.2. The van der Waals surface area contributed by atoms with Gasteiger partial charge in [0, 0.05) is 32.4 Å². The first-order valence-electron chi connectivity index (χ1n) is 7.70. The lowest BCUT2D eigenvalue weighted by Crippen LogP contribution is -2.42. The summed E-state index contributed by atoms with van der Waals surface area (Å²) in [5, 5.41) is 4.41. The van der Waals surface area contributed by atoms with Crippen LogP contribution in [0.2, 0.25) is 0 Å². The number of fused-ring (bicyclic) bond motifs is 1. The molecule has 0 amide bonds. The summed E-state index contributed by atoms with van der Waals surface area (Å²) in [6.07, 6.45) is 7.92. The fourth-order valence-electron chi connectivity index (χ4n) is 3.27. The Morgan fingerprint density at radius 2 is 2.24 bits per heavy atom. The molecule has 1 atom stereocenters. The molecular formula is C14H24N4O2S. The van der Waals surface area contributed by atoms with Gasteiger partial charge < -0.3 is 0 Å². The molecule has 3 rings (SSSR count). The number of hydrogen-bond acceptors (Lipinski definition) is 4. The molecule has 1 aliphatic carbocycles. The van der Waals surface area contributed by atoms with Gasteiger partial charge in [-0.2, -0.15) is 5.10 Å². The standard InChI is InChI=1S/C14H24N4O2S/c1-21(19,20)16-8-6-14-11-17(9-12-3-2-4-12)10-13-5-7-15-18(13)14/h5,7,12,14,16H,2-4,6,8-11H2,1H3. The molecule has 1 saturated carbocycles. The lowest BCUT2D eigenvalue weighted by Gasteiger charge is -2.38. The van der Waals surface area contributed by atoms with Crippen LogP contribution in [0, 0.1) is 5.92 Å². The van der Waals surface area contributed by atoms with Crippen molar-refractivity contribution in [3.8, 4) is 0 Å². The minimum absolute atomic E-state index is 0.262. The van der Waals surface area contributed by atoms with Crippen LogP contribution >= 0.6 is 0 Å². The summed E-state index contributed by atoms with van der Waals surface area (Å²) in [7, 11) is -3.11. The number of nitrogens with zero attached hydrogens (tertiary/aromatic N) is 3. The second-order valence-electron chi connectivity index (χ2n) is 6.37. The summed E-state index contributed by atoms with van der Waals surface area (Å²) in [6.45, 7) is 3.57. The van der Waals surface area contributed by atoms with E-state index in [1.807, 2.05) is 6.20 Å². The van der Waals surface area contributed by atoms with Crippen molar-refractivity contribution < 1.29 is 8.42 Å². The fraction of sp³-hybridized carbons (Fsp3) is 0.786. The van der Waals surface area contributed by atoms with Gasteiger partial charge in [0.15, 0.2) is 0 Å². The topological polar surface area (TPSA) is 67.2 Å². The van der Waals surface area contributed by atoms with Crippen LogP contribution in [0.15, 0.2) is 12.3 Å². The average Bonchev–Trinajstić information content (AvgIpc) is 2.80. The third kappa shape index (κ3) is 3.84. The van der Waals surface area contributed by atoms with Crippen LogP contribution in [-0.4, -0.2) is 49.0 Å². The maximum absolute atomic E-state index is 11.2. The van der Waals surface area contributed by atoms with Crippen molar-refractivity contribution in [1.29, 1.82) is 0 Å². The lowest BCUT2D eigenvalue weighted by molar-refractivity contribution is 0.120. The summed E-state index contributed by atoms with van der Waals surface area (Å²) in [5.74, 6) is 0.856. The second-order valence-corrected chi connectivity index (χ2v) is 8.20.